The molecular formula is C22H18FN3O2S. The van der Waals surface area contributed by atoms with Gasteiger partial charge in [-0.1, -0.05) is 36.4 Å². The van der Waals surface area contributed by atoms with E-state index in [9.17, 15) is 14.0 Å². The van der Waals surface area contributed by atoms with Gasteiger partial charge in [-0.05, 0) is 31.5 Å². The summed E-state index contributed by atoms with van der Waals surface area (Å²) in [5.41, 5.74) is 1.82. The number of nitrogens with zero attached hydrogens (tertiary/aromatic N) is 1. The number of thiophene rings is 1. The van der Waals surface area contributed by atoms with Crippen molar-refractivity contribution in [3.63, 3.8) is 0 Å². The fourth-order valence-electron chi connectivity index (χ4n) is 4.07. The van der Waals surface area contributed by atoms with Gasteiger partial charge in [0.1, 0.15) is 10.8 Å². The third kappa shape index (κ3) is 2.43. The van der Waals surface area contributed by atoms with Crippen LogP contribution in [0, 0.1) is 19.7 Å². The molecule has 0 bridgehead atoms. The zero-order valence-corrected chi connectivity index (χ0v) is 16.7. The maximum Gasteiger partial charge on any atom is 0.278 e. The van der Waals surface area contributed by atoms with E-state index in [1.165, 1.54) is 22.3 Å². The Hall–Kier alpha value is -3.19. The molecule has 0 radical (unpaired) electrons. The zero-order chi connectivity index (χ0) is 20.3. The Morgan fingerprint density at radius 2 is 1.76 bits per heavy atom. The molecule has 5 nitrogen and oxygen atoms in total. The van der Waals surface area contributed by atoms with Gasteiger partial charge >= 0.3 is 0 Å². The molecule has 3 aromatic rings. The minimum absolute atomic E-state index is 0.0805. The van der Waals surface area contributed by atoms with Crippen LogP contribution in [-0.4, -0.2) is 11.8 Å². The summed E-state index contributed by atoms with van der Waals surface area (Å²) >= 11 is 1.46. The lowest BCUT2D eigenvalue weighted by molar-refractivity contribution is -0.123. The topological polar surface area (TPSA) is 61.4 Å². The number of para-hydroxylation sites is 1. The number of amides is 2. The number of hydrogen-bond acceptors (Lipinski definition) is 4. The first-order valence-electron chi connectivity index (χ1n) is 9.28. The predicted molar refractivity (Wildman–Crippen MR) is 111 cm³/mol. The fourth-order valence-corrected chi connectivity index (χ4v) is 5.18. The lowest BCUT2D eigenvalue weighted by atomic mass is 9.97. The summed E-state index contributed by atoms with van der Waals surface area (Å²) in [5, 5.41) is 6.89. The molecule has 7 heteroatoms. The van der Waals surface area contributed by atoms with Crippen molar-refractivity contribution >= 4 is 33.8 Å². The molecule has 0 fully saturated rings. The number of benzene rings is 2. The molecule has 2 N–H and O–H groups in total. The quantitative estimate of drug-likeness (QED) is 0.674. The van der Waals surface area contributed by atoms with Gasteiger partial charge in [-0.2, -0.15) is 0 Å². The molecule has 2 aromatic carbocycles. The third-order valence-electron chi connectivity index (χ3n) is 5.67. The van der Waals surface area contributed by atoms with Crippen LogP contribution in [0.5, 0.6) is 0 Å². The van der Waals surface area contributed by atoms with Crippen molar-refractivity contribution in [2.75, 3.05) is 10.2 Å². The number of anilines is 2. The van der Waals surface area contributed by atoms with E-state index < -0.39 is 5.66 Å². The average Bonchev–Trinajstić information content (AvgIpc) is 3.11. The average molecular weight is 407 g/mol. The molecule has 1 aromatic heterocycles. The first-order valence-corrected chi connectivity index (χ1v) is 10.1. The van der Waals surface area contributed by atoms with Crippen LogP contribution in [0.15, 0.2) is 48.5 Å². The molecule has 0 unspecified atom stereocenters. The van der Waals surface area contributed by atoms with Gasteiger partial charge in [-0.15, -0.1) is 11.3 Å². The second-order valence-corrected chi connectivity index (χ2v) is 8.54. The lowest BCUT2D eigenvalue weighted by Gasteiger charge is -2.35. The number of aryl methyl sites for hydroxylation is 1. The van der Waals surface area contributed by atoms with E-state index in [1.54, 1.807) is 18.2 Å². The van der Waals surface area contributed by atoms with Gasteiger partial charge in [0.2, 0.25) is 5.66 Å². The molecular weight excluding hydrogens is 389 g/mol. The second-order valence-electron chi connectivity index (χ2n) is 7.32. The summed E-state index contributed by atoms with van der Waals surface area (Å²) in [7, 11) is 0. The number of carbonyl (C=O) groups is 2. The Morgan fingerprint density at radius 3 is 2.55 bits per heavy atom. The van der Waals surface area contributed by atoms with Crippen LogP contribution in [0.25, 0.3) is 0 Å². The molecule has 29 heavy (non-hydrogen) atoms. The van der Waals surface area contributed by atoms with Crippen LogP contribution in [-0.2, 0) is 17.0 Å². The molecule has 0 saturated heterocycles. The van der Waals surface area contributed by atoms with Crippen LogP contribution >= 0.6 is 11.3 Å². The normalized spacial score (nSPS) is 19.8. The first kappa shape index (κ1) is 17.9. The molecule has 2 aliphatic rings. The van der Waals surface area contributed by atoms with Crippen molar-refractivity contribution in [1.29, 1.82) is 0 Å². The van der Waals surface area contributed by atoms with Gasteiger partial charge in [0.05, 0.1) is 17.8 Å². The van der Waals surface area contributed by atoms with Gasteiger partial charge in [0, 0.05) is 16.0 Å². The van der Waals surface area contributed by atoms with E-state index in [0.29, 0.717) is 27.4 Å². The molecule has 0 saturated carbocycles. The first-order chi connectivity index (χ1) is 13.9. The van der Waals surface area contributed by atoms with Crippen molar-refractivity contribution in [3.8, 4) is 0 Å². The molecule has 2 aliphatic heterocycles. The molecule has 1 spiro atoms. The minimum atomic E-state index is -1.39. The summed E-state index contributed by atoms with van der Waals surface area (Å²) in [6.45, 7) is 3.94. The molecule has 5 rings (SSSR count). The summed E-state index contributed by atoms with van der Waals surface area (Å²) in [6, 6.07) is 13.7. The van der Waals surface area contributed by atoms with E-state index in [1.807, 2.05) is 38.1 Å². The highest BCUT2D eigenvalue weighted by molar-refractivity contribution is 7.16. The summed E-state index contributed by atoms with van der Waals surface area (Å²) < 4.78 is 14.3. The van der Waals surface area contributed by atoms with Crippen molar-refractivity contribution < 1.29 is 14.0 Å². The Labute approximate surface area is 171 Å². The van der Waals surface area contributed by atoms with Gasteiger partial charge in [0.25, 0.3) is 11.8 Å². The second kappa shape index (κ2) is 6.15. The Morgan fingerprint density at radius 1 is 1.03 bits per heavy atom. The summed E-state index contributed by atoms with van der Waals surface area (Å²) in [6.07, 6.45) is 0. The molecule has 146 valence electrons. The molecule has 1 atom stereocenters. The number of fused-ring (bicyclic) bond motifs is 3. The number of nitrogens with one attached hydrogen (secondary N) is 2. The van der Waals surface area contributed by atoms with E-state index in [2.05, 4.69) is 10.6 Å². The highest BCUT2D eigenvalue weighted by atomic mass is 32.1. The lowest BCUT2D eigenvalue weighted by Crippen LogP contribution is -2.60. The van der Waals surface area contributed by atoms with Crippen LogP contribution in [0.1, 0.15) is 31.9 Å². The van der Waals surface area contributed by atoms with Gasteiger partial charge < -0.3 is 15.5 Å². The van der Waals surface area contributed by atoms with E-state index in [4.69, 9.17) is 0 Å². The van der Waals surface area contributed by atoms with Crippen molar-refractivity contribution in [2.45, 2.75) is 26.1 Å². The van der Waals surface area contributed by atoms with E-state index in [0.717, 1.165) is 10.4 Å². The zero-order valence-electron chi connectivity index (χ0n) is 15.9. The highest BCUT2D eigenvalue weighted by Gasteiger charge is 2.55. The molecule has 2 amide bonds. The minimum Gasteiger partial charge on any atom is -0.342 e. The Bertz CT molecular complexity index is 1190. The Kier molecular flexibility index (Phi) is 3.79. The monoisotopic (exact) mass is 407 g/mol. The number of hydrogen-bond donors (Lipinski definition) is 2. The van der Waals surface area contributed by atoms with Crippen LogP contribution in [0.2, 0.25) is 0 Å². The SMILES string of the molecule is Cc1sc2c(c1C)C(=O)N[C@]1(N2)C(=O)N(Cc2ccccc2F)c2ccccc21. The molecule has 3 heterocycles. The molecule has 0 aliphatic carbocycles. The maximum atomic E-state index is 14.3. The van der Waals surface area contributed by atoms with Gasteiger partial charge in [-0.25, -0.2) is 4.39 Å². The number of halogens is 1. The van der Waals surface area contributed by atoms with Crippen molar-refractivity contribution in [3.05, 3.63) is 81.5 Å². The standard InChI is InChI=1S/C22H18FN3O2S/c1-12-13(2)29-20-18(12)19(27)24-22(25-20)15-8-4-6-10-17(15)26(21(22)28)11-14-7-3-5-9-16(14)23/h3-10,25H,11H2,1-2H3,(H,24,27)/t22-/m1/s1. The summed E-state index contributed by atoms with van der Waals surface area (Å²) in [4.78, 5) is 29.2. The van der Waals surface area contributed by atoms with Gasteiger partial charge in [0.15, 0.2) is 0 Å². The van der Waals surface area contributed by atoms with E-state index in [-0.39, 0.29) is 24.2 Å². The number of carbonyl (C=O) groups excluding carboxylic acids is 2. The summed E-state index contributed by atoms with van der Waals surface area (Å²) in [5.74, 6) is -0.979. The van der Waals surface area contributed by atoms with Gasteiger partial charge in [-0.3, -0.25) is 9.59 Å². The number of rotatable bonds is 2. The smallest absolute Gasteiger partial charge is 0.278 e. The van der Waals surface area contributed by atoms with Crippen LogP contribution < -0.4 is 15.5 Å². The van der Waals surface area contributed by atoms with Crippen molar-refractivity contribution in [1.82, 2.24) is 5.32 Å². The Balaban J connectivity index is 1.63. The predicted octanol–water partition coefficient (Wildman–Crippen LogP) is 4.06. The largest absolute Gasteiger partial charge is 0.342 e. The van der Waals surface area contributed by atoms with Crippen LogP contribution in [0.4, 0.5) is 15.1 Å². The maximum absolute atomic E-state index is 14.3. The van der Waals surface area contributed by atoms with E-state index >= 15 is 0 Å². The van der Waals surface area contributed by atoms with Crippen molar-refractivity contribution in [2.24, 2.45) is 0 Å². The van der Waals surface area contributed by atoms with Crippen LogP contribution in [0.3, 0.4) is 0 Å². The fraction of sp³-hybridized carbons (Fsp3) is 0.182. The third-order valence-corrected chi connectivity index (χ3v) is 6.79. The highest BCUT2D eigenvalue weighted by Crippen LogP contribution is 2.46.